The lowest BCUT2D eigenvalue weighted by molar-refractivity contribution is 0.481. The van der Waals surface area contributed by atoms with E-state index < -0.39 is 0 Å². The Bertz CT molecular complexity index is 1170. The molecular weight excluding hydrogens is 374 g/mol. The number of hydrogen-bond donors (Lipinski definition) is 2. The van der Waals surface area contributed by atoms with Crippen molar-refractivity contribution in [3.63, 3.8) is 0 Å². The number of benzene rings is 2. The number of aryl methyl sites for hydroxylation is 2. The Morgan fingerprint density at radius 3 is 2.70 bits per heavy atom. The number of ether oxygens (including phenoxy) is 1. The number of fused-ring (bicyclic) bond motifs is 1. The van der Waals surface area contributed by atoms with Crippen molar-refractivity contribution >= 4 is 11.6 Å². The Hall–Kier alpha value is -3.67. The van der Waals surface area contributed by atoms with Crippen molar-refractivity contribution in [3.05, 3.63) is 77.6 Å². The third-order valence-corrected chi connectivity index (χ3v) is 5.36. The summed E-state index contributed by atoms with van der Waals surface area (Å²) in [5.41, 5.74) is 5.80. The number of pyridine rings is 1. The minimum atomic E-state index is 0.580. The number of anilines is 2. The molecule has 5 rings (SSSR count). The van der Waals surface area contributed by atoms with Crippen LogP contribution in [0.1, 0.15) is 29.7 Å². The highest BCUT2D eigenvalue weighted by Gasteiger charge is 2.14. The van der Waals surface area contributed by atoms with E-state index in [2.05, 4.69) is 43.7 Å². The van der Waals surface area contributed by atoms with Gasteiger partial charge in [0, 0.05) is 29.2 Å². The van der Waals surface area contributed by atoms with Crippen LogP contribution in [0.2, 0.25) is 0 Å². The van der Waals surface area contributed by atoms with Gasteiger partial charge in [0.2, 0.25) is 5.95 Å². The lowest BCUT2D eigenvalue weighted by atomic mass is 9.90. The van der Waals surface area contributed by atoms with E-state index in [0.717, 1.165) is 41.3 Å². The molecule has 0 radical (unpaired) electrons. The molecule has 2 aromatic heterocycles. The minimum Gasteiger partial charge on any atom is -0.457 e. The second kappa shape index (κ2) is 7.99. The van der Waals surface area contributed by atoms with Crippen LogP contribution in [0, 0.1) is 6.92 Å². The monoisotopic (exact) mass is 397 g/mol. The first-order valence-corrected chi connectivity index (χ1v) is 10.3. The molecule has 0 bridgehead atoms. The zero-order chi connectivity index (χ0) is 20.3. The summed E-state index contributed by atoms with van der Waals surface area (Å²) in [6.45, 7) is 1.94. The van der Waals surface area contributed by atoms with E-state index in [-0.39, 0.29) is 0 Å². The molecule has 6 heteroatoms. The molecule has 0 saturated heterocycles. The number of rotatable bonds is 5. The van der Waals surface area contributed by atoms with Crippen LogP contribution in [-0.2, 0) is 12.8 Å². The average molecular weight is 397 g/mol. The Kier molecular flexibility index (Phi) is 4.89. The second-order valence-corrected chi connectivity index (χ2v) is 7.54. The molecule has 0 saturated carbocycles. The van der Waals surface area contributed by atoms with Gasteiger partial charge in [0.15, 0.2) is 5.82 Å². The van der Waals surface area contributed by atoms with Gasteiger partial charge in [0.05, 0.1) is 0 Å². The van der Waals surface area contributed by atoms with Gasteiger partial charge < -0.3 is 10.1 Å². The molecule has 1 aliphatic rings. The van der Waals surface area contributed by atoms with Gasteiger partial charge in [-0.05, 0) is 80.1 Å². The summed E-state index contributed by atoms with van der Waals surface area (Å²) >= 11 is 0. The van der Waals surface area contributed by atoms with Gasteiger partial charge in [-0.25, -0.2) is 0 Å². The average Bonchev–Trinajstić information content (AvgIpc) is 3.23. The lowest BCUT2D eigenvalue weighted by Gasteiger charge is -2.19. The third-order valence-electron chi connectivity index (χ3n) is 5.36. The lowest BCUT2D eigenvalue weighted by Crippen LogP contribution is -2.06. The van der Waals surface area contributed by atoms with Crippen LogP contribution in [0.5, 0.6) is 11.5 Å². The SMILES string of the molecule is Cc1cc(Oc2ccc(-c3nc(Nc4cccc5c4CCCC5)n[nH]3)cc2)ccn1. The molecule has 0 spiro atoms. The zero-order valence-corrected chi connectivity index (χ0v) is 16.9. The van der Waals surface area contributed by atoms with Gasteiger partial charge in [0.25, 0.3) is 0 Å². The van der Waals surface area contributed by atoms with Gasteiger partial charge in [-0.1, -0.05) is 12.1 Å². The number of aromatic amines is 1. The Labute approximate surface area is 175 Å². The quantitative estimate of drug-likeness (QED) is 0.459. The maximum absolute atomic E-state index is 5.89. The van der Waals surface area contributed by atoms with Crippen LogP contribution in [0.25, 0.3) is 11.4 Å². The smallest absolute Gasteiger partial charge is 0.246 e. The van der Waals surface area contributed by atoms with E-state index in [0.29, 0.717) is 11.8 Å². The van der Waals surface area contributed by atoms with E-state index >= 15 is 0 Å². The van der Waals surface area contributed by atoms with Crippen molar-refractivity contribution in [2.75, 3.05) is 5.32 Å². The number of aromatic nitrogens is 4. The van der Waals surface area contributed by atoms with Gasteiger partial charge in [-0.3, -0.25) is 10.1 Å². The van der Waals surface area contributed by atoms with Crippen molar-refractivity contribution in [2.24, 2.45) is 0 Å². The number of hydrogen-bond acceptors (Lipinski definition) is 5. The Morgan fingerprint density at radius 2 is 1.83 bits per heavy atom. The van der Waals surface area contributed by atoms with Crippen molar-refractivity contribution in [2.45, 2.75) is 32.6 Å². The van der Waals surface area contributed by atoms with Gasteiger partial charge in [0.1, 0.15) is 11.5 Å². The first-order chi connectivity index (χ1) is 14.7. The number of nitrogens with zero attached hydrogens (tertiary/aromatic N) is 3. The maximum atomic E-state index is 5.89. The van der Waals surface area contributed by atoms with Crippen molar-refractivity contribution < 1.29 is 4.74 Å². The third kappa shape index (κ3) is 3.89. The molecule has 2 aromatic carbocycles. The summed E-state index contributed by atoms with van der Waals surface area (Å²) < 4.78 is 5.89. The highest BCUT2D eigenvalue weighted by molar-refractivity contribution is 5.64. The first-order valence-electron chi connectivity index (χ1n) is 10.3. The second-order valence-electron chi connectivity index (χ2n) is 7.54. The van der Waals surface area contributed by atoms with Crippen LogP contribution in [0.3, 0.4) is 0 Å². The van der Waals surface area contributed by atoms with Crippen LogP contribution >= 0.6 is 0 Å². The predicted molar refractivity (Wildman–Crippen MR) is 117 cm³/mol. The highest BCUT2D eigenvalue weighted by Crippen LogP contribution is 2.30. The molecule has 2 heterocycles. The molecule has 150 valence electrons. The Balaban J connectivity index is 1.31. The van der Waals surface area contributed by atoms with Crippen LogP contribution < -0.4 is 10.1 Å². The molecule has 4 aromatic rings. The summed E-state index contributed by atoms with van der Waals surface area (Å²) in [5.74, 6) is 2.83. The van der Waals surface area contributed by atoms with Crippen molar-refractivity contribution in [1.82, 2.24) is 20.2 Å². The minimum absolute atomic E-state index is 0.580. The Morgan fingerprint density at radius 1 is 0.967 bits per heavy atom. The number of nitrogens with one attached hydrogen (secondary N) is 2. The molecule has 0 fully saturated rings. The topological polar surface area (TPSA) is 75.7 Å². The fourth-order valence-electron chi connectivity index (χ4n) is 3.87. The largest absolute Gasteiger partial charge is 0.457 e. The highest BCUT2D eigenvalue weighted by atomic mass is 16.5. The van der Waals surface area contributed by atoms with Gasteiger partial charge in [-0.15, -0.1) is 5.10 Å². The standard InChI is InChI=1S/C24H23N5O/c1-16-15-20(13-14-25-16)30-19-11-9-18(10-12-19)23-27-24(29-28-23)26-22-8-4-6-17-5-2-3-7-21(17)22/h4,6,8-15H,2-3,5,7H2,1H3,(H2,26,27,28,29). The molecule has 0 aliphatic heterocycles. The summed E-state index contributed by atoms with van der Waals surface area (Å²) in [6, 6.07) is 18.0. The van der Waals surface area contributed by atoms with Crippen molar-refractivity contribution in [3.8, 4) is 22.9 Å². The molecule has 30 heavy (non-hydrogen) atoms. The predicted octanol–water partition coefficient (Wildman–Crippen LogP) is 5.59. The van der Waals surface area contributed by atoms with E-state index in [9.17, 15) is 0 Å². The van der Waals surface area contributed by atoms with Gasteiger partial charge >= 0.3 is 0 Å². The van der Waals surface area contributed by atoms with Crippen LogP contribution in [0.15, 0.2) is 60.8 Å². The molecule has 0 amide bonds. The van der Waals surface area contributed by atoms with Gasteiger partial charge in [-0.2, -0.15) is 4.98 Å². The molecule has 2 N–H and O–H groups in total. The molecule has 1 aliphatic carbocycles. The summed E-state index contributed by atoms with van der Waals surface area (Å²) in [6.07, 6.45) is 6.50. The van der Waals surface area contributed by atoms with E-state index in [1.807, 2.05) is 43.3 Å². The van der Waals surface area contributed by atoms with Crippen LogP contribution in [-0.4, -0.2) is 20.2 Å². The normalized spacial score (nSPS) is 13.0. The molecule has 6 nitrogen and oxygen atoms in total. The summed E-state index contributed by atoms with van der Waals surface area (Å²) in [7, 11) is 0. The van der Waals surface area contributed by atoms with E-state index in [1.165, 1.54) is 24.0 Å². The fraction of sp³-hybridized carbons (Fsp3) is 0.208. The van der Waals surface area contributed by atoms with Crippen LogP contribution in [0.4, 0.5) is 11.6 Å². The maximum Gasteiger partial charge on any atom is 0.246 e. The van der Waals surface area contributed by atoms with E-state index in [1.54, 1.807) is 6.20 Å². The molecule has 0 unspecified atom stereocenters. The fourth-order valence-corrected chi connectivity index (χ4v) is 3.87. The summed E-state index contributed by atoms with van der Waals surface area (Å²) in [4.78, 5) is 8.81. The zero-order valence-electron chi connectivity index (χ0n) is 16.9. The molecule has 0 atom stereocenters. The molecular formula is C24H23N5O. The van der Waals surface area contributed by atoms with E-state index in [4.69, 9.17) is 4.74 Å². The van der Waals surface area contributed by atoms with Crippen molar-refractivity contribution in [1.29, 1.82) is 0 Å². The summed E-state index contributed by atoms with van der Waals surface area (Å²) in [5, 5.41) is 10.8. The first kappa shape index (κ1) is 18.4. The number of H-pyrrole nitrogens is 1.